The molecule has 0 aliphatic carbocycles. The lowest BCUT2D eigenvalue weighted by atomic mass is 10.0. The van der Waals surface area contributed by atoms with Crippen LogP contribution in [0.15, 0.2) is 168 Å². The van der Waals surface area contributed by atoms with Crippen molar-refractivity contribution >= 4 is 49.8 Å². The summed E-state index contributed by atoms with van der Waals surface area (Å²) in [6.07, 6.45) is 0. The van der Waals surface area contributed by atoms with Crippen molar-refractivity contribution in [3.63, 3.8) is 0 Å². The second-order valence-electron chi connectivity index (χ2n) is 10.6. The SMILES string of the molecule is c1ccc(-c2ccc(N(c3ccc4oc5ccc6ccccc6c5c4c3)c3ccccc3-c3ccccc3)cc2)cc1. The Balaban J connectivity index is 1.36. The molecule has 42 heavy (non-hydrogen) atoms. The number of hydrogen-bond donors (Lipinski definition) is 0. The molecular weight excluding hydrogens is 510 g/mol. The smallest absolute Gasteiger partial charge is 0.136 e. The first-order valence-corrected chi connectivity index (χ1v) is 14.3. The first-order chi connectivity index (χ1) is 20.8. The van der Waals surface area contributed by atoms with E-state index in [2.05, 4.69) is 169 Å². The third kappa shape index (κ3) is 4.13. The highest BCUT2D eigenvalue weighted by Crippen LogP contribution is 2.43. The lowest BCUT2D eigenvalue weighted by molar-refractivity contribution is 0.669. The summed E-state index contributed by atoms with van der Waals surface area (Å²) in [5.41, 5.74) is 9.84. The van der Waals surface area contributed by atoms with Gasteiger partial charge in [-0.15, -0.1) is 0 Å². The fraction of sp³-hybridized carbons (Fsp3) is 0. The van der Waals surface area contributed by atoms with Crippen LogP contribution in [0.3, 0.4) is 0 Å². The number of hydrogen-bond acceptors (Lipinski definition) is 2. The summed E-state index contributed by atoms with van der Waals surface area (Å²) >= 11 is 0. The number of fused-ring (bicyclic) bond motifs is 5. The zero-order chi connectivity index (χ0) is 27.9. The molecule has 198 valence electrons. The van der Waals surface area contributed by atoms with Gasteiger partial charge in [0.1, 0.15) is 11.2 Å². The van der Waals surface area contributed by atoms with Crippen LogP contribution in [-0.4, -0.2) is 0 Å². The second kappa shape index (κ2) is 10.1. The topological polar surface area (TPSA) is 16.4 Å². The highest BCUT2D eigenvalue weighted by molar-refractivity contribution is 6.19. The molecule has 0 spiro atoms. The lowest BCUT2D eigenvalue weighted by Crippen LogP contribution is -2.11. The van der Waals surface area contributed by atoms with Crippen LogP contribution in [0.25, 0.3) is 55.0 Å². The standard InChI is InChI=1S/C40H27NO/c1-3-11-28(12-4-1)29-19-22-32(23-20-29)41(37-18-10-9-16-34(37)30-13-5-2-6-14-30)33-24-26-38-36(27-33)40-35-17-8-7-15-31(35)21-25-39(40)42-38/h1-27H. The van der Waals surface area contributed by atoms with Crippen molar-refractivity contribution in [2.45, 2.75) is 0 Å². The van der Waals surface area contributed by atoms with Gasteiger partial charge in [0, 0.05) is 27.7 Å². The molecule has 0 N–H and O–H groups in total. The Morgan fingerprint density at radius 3 is 1.83 bits per heavy atom. The summed E-state index contributed by atoms with van der Waals surface area (Å²) in [6, 6.07) is 57.9. The van der Waals surface area contributed by atoms with Crippen LogP contribution in [-0.2, 0) is 0 Å². The molecule has 8 rings (SSSR count). The summed E-state index contributed by atoms with van der Waals surface area (Å²) in [7, 11) is 0. The average Bonchev–Trinajstić information content (AvgIpc) is 3.45. The van der Waals surface area contributed by atoms with Gasteiger partial charge >= 0.3 is 0 Å². The predicted octanol–water partition coefficient (Wildman–Crippen LogP) is 11.5. The monoisotopic (exact) mass is 537 g/mol. The number of rotatable bonds is 5. The van der Waals surface area contributed by atoms with Crippen LogP contribution in [0.4, 0.5) is 17.1 Å². The summed E-state index contributed by atoms with van der Waals surface area (Å²) in [5, 5.41) is 4.68. The van der Waals surface area contributed by atoms with E-state index in [1.807, 2.05) is 0 Å². The van der Waals surface area contributed by atoms with E-state index in [9.17, 15) is 0 Å². The molecule has 0 bridgehead atoms. The van der Waals surface area contributed by atoms with E-state index in [1.165, 1.54) is 33.0 Å². The minimum atomic E-state index is 0.890. The van der Waals surface area contributed by atoms with Crippen molar-refractivity contribution in [2.75, 3.05) is 4.90 Å². The molecule has 0 aliphatic heterocycles. The Kier molecular flexibility index (Phi) is 5.82. The molecule has 1 aromatic heterocycles. The third-order valence-corrected chi connectivity index (χ3v) is 8.06. The van der Waals surface area contributed by atoms with Crippen LogP contribution >= 0.6 is 0 Å². The highest BCUT2D eigenvalue weighted by Gasteiger charge is 2.19. The van der Waals surface area contributed by atoms with E-state index < -0.39 is 0 Å². The molecule has 1 heterocycles. The van der Waals surface area contributed by atoms with Crippen molar-refractivity contribution in [1.29, 1.82) is 0 Å². The second-order valence-corrected chi connectivity index (χ2v) is 10.6. The molecule has 8 aromatic rings. The maximum atomic E-state index is 6.35. The molecule has 0 saturated heterocycles. The predicted molar refractivity (Wildman–Crippen MR) is 177 cm³/mol. The third-order valence-electron chi connectivity index (χ3n) is 8.06. The van der Waals surface area contributed by atoms with Gasteiger partial charge in [0.25, 0.3) is 0 Å². The van der Waals surface area contributed by atoms with E-state index in [1.54, 1.807) is 0 Å². The normalized spacial score (nSPS) is 11.3. The first kappa shape index (κ1) is 24.2. The van der Waals surface area contributed by atoms with Gasteiger partial charge in [-0.25, -0.2) is 0 Å². The lowest BCUT2D eigenvalue weighted by Gasteiger charge is -2.28. The maximum Gasteiger partial charge on any atom is 0.136 e. The van der Waals surface area contributed by atoms with E-state index >= 15 is 0 Å². The molecule has 0 atom stereocenters. The minimum Gasteiger partial charge on any atom is -0.456 e. The van der Waals surface area contributed by atoms with Crippen LogP contribution in [0, 0.1) is 0 Å². The number of furan rings is 1. The van der Waals surface area contributed by atoms with E-state index in [0.29, 0.717) is 0 Å². The fourth-order valence-corrected chi connectivity index (χ4v) is 6.07. The van der Waals surface area contributed by atoms with Crippen molar-refractivity contribution in [3.05, 3.63) is 164 Å². The molecule has 7 aromatic carbocycles. The van der Waals surface area contributed by atoms with Crippen molar-refractivity contribution in [2.24, 2.45) is 0 Å². The molecule has 0 aliphatic rings. The average molecular weight is 538 g/mol. The van der Waals surface area contributed by atoms with Crippen LogP contribution < -0.4 is 4.90 Å². The zero-order valence-corrected chi connectivity index (χ0v) is 22.9. The van der Waals surface area contributed by atoms with Crippen LogP contribution in [0.2, 0.25) is 0 Å². The van der Waals surface area contributed by atoms with Gasteiger partial charge in [0.15, 0.2) is 0 Å². The summed E-state index contributed by atoms with van der Waals surface area (Å²) in [5.74, 6) is 0. The number of nitrogens with zero attached hydrogens (tertiary/aromatic N) is 1. The van der Waals surface area contributed by atoms with E-state index in [4.69, 9.17) is 4.42 Å². The molecule has 2 nitrogen and oxygen atoms in total. The Morgan fingerprint density at radius 1 is 0.405 bits per heavy atom. The Morgan fingerprint density at radius 2 is 1.02 bits per heavy atom. The van der Waals surface area contributed by atoms with Gasteiger partial charge in [0.05, 0.1) is 5.69 Å². The van der Waals surface area contributed by atoms with E-state index in [0.717, 1.165) is 39.0 Å². The van der Waals surface area contributed by atoms with Gasteiger partial charge < -0.3 is 9.32 Å². The maximum absolute atomic E-state index is 6.35. The number of anilines is 3. The van der Waals surface area contributed by atoms with Gasteiger partial charge in [0.2, 0.25) is 0 Å². The summed E-state index contributed by atoms with van der Waals surface area (Å²) in [6.45, 7) is 0. The number of para-hydroxylation sites is 1. The van der Waals surface area contributed by atoms with Crippen molar-refractivity contribution < 1.29 is 4.42 Å². The Bertz CT molecular complexity index is 2180. The van der Waals surface area contributed by atoms with Crippen molar-refractivity contribution in [3.8, 4) is 22.3 Å². The van der Waals surface area contributed by atoms with Gasteiger partial charge in [-0.1, -0.05) is 121 Å². The quantitative estimate of drug-likeness (QED) is 0.217. The largest absolute Gasteiger partial charge is 0.456 e. The van der Waals surface area contributed by atoms with Gasteiger partial charge in [-0.05, 0) is 69.9 Å². The number of benzene rings is 7. The van der Waals surface area contributed by atoms with Crippen molar-refractivity contribution in [1.82, 2.24) is 0 Å². The zero-order valence-electron chi connectivity index (χ0n) is 22.9. The first-order valence-electron chi connectivity index (χ1n) is 14.3. The molecule has 0 fully saturated rings. The molecule has 2 heteroatoms. The van der Waals surface area contributed by atoms with Crippen LogP contribution in [0.1, 0.15) is 0 Å². The van der Waals surface area contributed by atoms with E-state index in [-0.39, 0.29) is 0 Å². The molecule has 0 unspecified atom stereocenters. The molecule has 0 radical (unpaired) electrons. The van der Waals surface area contributed by atoms with Gasteiger partial charge in [-0.2, -0.15) is 0 Å². The Labute approximate surface area is 244 Å². The van der Waals surface area contributed by atoms with Crippen LogP contribution in [0.5, 0.6) is 0 Å². The summed E-state index contributed by atoms with van der Waals surface area (Å²) in [4.78, 5) is 2.36. The molecule has 0 amide bonds. The minimum absolute atomic E-state index is 0.890. The Hall–Kier alpha value is -5.60. The van der Waals surface area contributed by atoms with Gasteiger partial charge in [-0.3, -0.25) is 0 Å². The molecular formula is C40H27NO. The fourth-order valence-electron chi connectivity index (χ4n) is 6.07. The molecule has 0 saturated carbocycles. The highest BCUT2D eigenvalue weighted by atomic mass is 16.3. The summed E-state index contributed by atoms with van der Waals surface area (Å²) < 4.78 is 6.35.